The average Bonchev–Trinajstić information content (AvgIpc) is 2.28. The zero-order valence-corrected chi connectivity index (χ0v) is 8.51. The van der Waals surface area contributed by atoms with Crippen molar-refractivity contribution in [1.82, 2.24) is 0 Å². The van der Waals surface area contributed by atoms with Gasteiger partial charge in [-0.15, -0.1) is 0 Å². The molecule has 1 aromatic rings. The number of methoxy groups -OCH3 is 1. The van der Waals surface area contributed by atoms with E-state index in [-0.39, 0.29) is 5.56 Å². The summed E-state index contributed by atoms with van der Waals surface area (Å²) in [6.45, 7) is 0. The van der Waals surface area contributed by atoms with Crippen LogP contribution >= 0.6 is 0 Å². The van der Waals surface area contributed by atoms with E-state index in [1.807, 2.05) is 0 Å². The van der Waals surface area contributed by atoms with E-state index < -0.39 is 17.7 Å². The van der Waals surface area contributed by atoms with Gasteiger partial charge in [-0.2, -0.15) is 0 Å². The Balaban J connectivity index is 2.57. The van der Waals surface area contributed by atoms with Crippen LogP contribution in [0.15, 0.2) is 23.2 Å². The maximum Gasteiger partial charge on any atom is 0.319 e. The van der Waals surface area contributed by atoms with Gasteiger partial charge in [-0.1, -0.05) is 6.07 Å². The molecule has 0 aromatic heterocycles. The molecule has 1 aliphatic rings. The average molecular weight is 219 g/mol. The van der Waals surface area contributed by atoms with Gasteiger partial charge in [0.2, 0.25) is 0 Å². The van der Waals surface area contributed by atoms with E-state index in [1.54, 1.807) is 18.2 Å². The molecule has 0 saturated carbocycles. The van der Waals surface area contributed by atoms with Crippen LogP contribution in [0.2, 0.25) is 0 Å². The van der Waals surface area contributed by atoms with Crippen LogP contribution < -0.4 is 4.74 Å². The lowest BCUT2D eigenvalue weighted by molar-refractivity contribution is -0.137. The monoisotopic (exact) mass is 219 g/mol. The smallest absolute Gasteiger partial charge is 0.319 e. The number of nitrogens with zero attached hydrogens (tertiary/aromatic N) is 1. The number of carboxylic acids is 1. The maximum absolute atomic E-state index is 11.9. The van der Waals surface area contributed by atoms with Gasteiger partial charge in [0.05, 0.1) is 18.4 Å². The number of carbonyl (C=O) groups excluding carboxylic acids is 1. The largest absolute Gasteiger partial charge is 0.496 e. The molecule has 1 aromatic carbocycles. The Labute approximate surface area is 91.4 Å². The second-order valence-electron chi connectivity index (χ2n) is 3.31. The van der Waals surface area contributed by atoms with E-state index in [1.165, 1.54) is 7.11 Å². The Morgan fingerprint density at radius 2 is 2.25 bits per heavy atom. The second kappa shape index (κ2) is 3.77. The maximum atomic E-state index is 11.9. The summed E-state index contributed by atoms with van der Waals surface area (Å²) in [7, 11) is 1.43. The van der Waals surface area contributed by atoms with Crippen LogP contribution in [0.1, 0.15) is 10.4 Å². The topological polar surface area (TPSA) is 76.0 Å². The van der Waals surface area contributed by atoms with E-state index in [9.17, 15) is 9.59 Å². The first kappa shape index (κ1) is 10.4. The van der Waals surface area contributed by atoms with Gasteiger partial charge < -0.3 is 9.84 Å². The zero-order valence-electron chi connectivity index (χ0n) is 8.51. The molecule has 0 radical (unpaired) electrons. The van der Waals surface area contributed by atoms with Gasteiger partial charge in [0.25, 0.3) is 0 Å². The molecule has 0 fully saturated rings. The summed E-state index contributed by atoms with van der Waals surface area (Å²) in [6, 6.07) is 4.95. The molecule has 1 unspecified atom stereocenters. The van der Waals surface area contributed by atoms with E-state index in [0.29, 0.717) is 11.4 Å². The summed E-state index contributed by atoms with van der Waals surface area (Å²) in [5.74, 6) is -2.56. The van der Waals surface area contributed by atoms with Gasteiger partial charge in [0, 0.05) is 6.21 Å². The van der Waals surface area contributed by atoms with Gasteiger partial charge in [-0.25, -0.2) is 0 Å². The molecule has 2 rings (SSSR count). The minimum absolute atomic E-state index is 0.236. The predicted molar refractivity (Wildman–Crippen MR) is 56.6 cm³/mol. The summed E-state index contributed by atoms with van der Waals surface area (Å²) in [5, 5.41) is 8.84. The number of aliphatic imine (C=N–C) groups is 1. The number of benzene rings is 1. The van der Waals surface area contributed by atoms with Crippen molar-refractivity contribution in [2.75, 3.05) is 7.11 Å². The Hall–Kier alpha value is -2.17. The van der Waals surface area contributed by atoms with E-state index in [0.717, 1.165) is 6.21 Å². The molecule has 82 valence electrons. The fraction of sp³-hybridized carbons (Fsp3) is 0.182. The van der Waals surface area contributed by atoms with Gasteiger partial charge in [0.15, 0.2) is 11.7 Å². The predicted octanol–water partition coefficient (Wildman–Crippen LogP) is 1.29. The SMILES string of the molecule is COc1cccc2c1C(=O)C(C(=O)O)C=N2. The molecule has 16 heavy (non-hydrogen) atoms. The molecular formula is C11H9NO4. The van der Waals surface area contributed by atoms with Crippen LogP contribution in [0.25, 0.3) is 0 Å². The number of carbonyl (C=O) groups is 2. The standard InChI is InChI=1S/C11H9NO4/c1-16-8-4-2-3-7-9(8)10(13)6(5-12-7)11(14)15/h2-6H,1H3,(H,14,15). The van der Waals surface area contributed by atoms with Crippen LogP contribution in [0.3, 0.4) is 0 Å². The summed E-state index contributed by atoms with van der Waals surface area (Å²) in [5.41, 5.74) is 0.682. The van der Waals surface area contributed by atoms with E-state index in [2.05, 4.69) is 4.99 Å². The van der Waals surface area contributed by atoms with Crippen LogP contribution in [0.5, 0.6) is 5.75 Å². The number of rotatable bonds is 2. The molecule has 1 N–H and O–H groups in total. The zero-order chi connectivity index (χ0) is 11.7. The Bertz CT molecular complexity index is 493. The number of fused-ring (bicyclic) bond motifs is 1. The van der Waals surface area contributed by atoms with Crippen molar-refractivity contribution in [3.8, 4) is 5.75 Å². The van der Waals surface area contributed by atoms with Gasteiger partial charge in [-0.3, -0.25) is 14.6 Å². The van der Waals surface area contributed by atoms with E-state index in [4.69, 9.17) is 9.84 Å². The van der Waals surface area contributed by atoms with Crippen molar-refractivity contribution < 1.29 is 19.4 Å². The minimum atomic E-state index is -1.22. The lowest BCUT2D eigenvalue weighted by Crippen LogP contribution is -2.27. The Morgan fingerprint density at radius 3 is 2.88 bits per heavy atom. The number of ether oxygens (including phenoxy) is 1. The molecule has 5 nitrogen and oxygen atoms in total. The van der Waals surface area contributed by atoms with Gasteiger partial charge in [-0.05, 0) is 12.1 Å². The number of aliphatic carboxylic acids is 1. The van der Waals surface area contributed by atoms with Crippen LogP contribution in [0.4, 0.5) is 5.69 Å². The molecule has 0 amide bonds. The Kier molecular flexibility index (Phi) is 2.44. The summed E-state index contributed by atoms with van der Waals surface area (Å²) >= 11 is 0. The number of ketones is 1. The van der Waals surface area contributed by atoms with Crippen LogP contribution in [0, 0.1) is 5.92 Å². The number of carboxylic acid groups (broad SMARTS) is 1. The van der Waals surface area contributed by atoms with Crippen molar-refractivity contribution in [2.45, 2.75) is 0 Å². The number of hydrogen-bond donors (Lipinski definition) is 1. The van der Waals surface area contributed by atoms with Gasteiger partial charge in [0.1, 0.15) is 5.75 Å². The third kappa shape index (κ3) is 1.46. The van der Waals surface area contributed by atoms with Crippen molar-refractivity contribution in [3.05, 3.63) is 23.8 Å². The third-order valence-corrected chi connectivity index (χ3v) is 2.38. The fourth-order valence-corrected chi connectivity index (χ4v) is 1.60. The summed E-state index contributed by atoms with van der Waals surface area (Å²) in [6.07, 6.45) is 1.15. The van der Waals surface area contributed by atoms with Gasteiger partial charge >= 0.3 is 5.97 Å². The van der Waals surface area contributed by atoms with Crippen molar-refractivity contribution in [3.63, 3.8) is 0 Å². The highest BCUT2D eigenvalue weighted by Crippen LogP contribution is 2.33. The molecule has 0 bridgehead atoms. The highest BCUT2D eigenvalue weighted by atomic mass is 16.5. The molecular weight excluding hydrogens is 210 g/mol. The molecule has 0 aliphatic carbocycles. The molecule has 0 saturated heterocycles. The molecule has 5 heteroatoms. The molecule has 0 spiro atoms. The normalized spacial score (nSPS) is 18.1. The highest BCUT2D eigenvalue weighted by molar-refractivity contribution is 6.23. The first-order chi connectivity index (χ1) is 7.65. The number of hydrogen-bond acceptors (Lipinski definition) is 4. The molecule has 1 heterocycles. The summed E-state index contributed by atoms with van der Waals surface area (Å²) in [4.78, 5) is 26.7. The first-order valence-electron chi connectivity index (χ1n) is 4.63. The fourth-order valence-electron chi connectivity index (χ4n) is 1.60. The molecule has 1 aliphatic heterocycles. The lowest BCUT2D eigenvalue weighted by atomic mass is 9.94. The van der Waals surface area contributed by atoms with Crippen molar-refractivity contribution >= 4 is 23.7 Å². The molecule has 1 atom stereocenters. The van der Waals surface area contributed by atoms with Crippen LogP contribution in [-0.2, 0) is 4.79 Å². The van der Waals surface area contributed by atoms with Crippen LogP contribution in [-0.4, -0.2) is 30.2 Å². The Morgan fingerprint density at radius 1 is 1.50 bits per heavy atom. The van der Waals surface area contributed by atoms with Crippen molar-refractivity contribution in [1.29, 1.82) is 0 Å². The second-order valence-corrected chi connectivity index (χ2v) is 3.31. The quantitative estimate of drug-likeness (QED) is 0.760. The van der Waals surface area contributed by atoms with Crippen molar-refractivity contribution in [2.24, 2.45) is 10.9 Å². The highest BCUT2D eigenvalue weighted by Gasteiger charge is 2.32. The lowest BCUT2D eigenvalue weighted by Gasteiger charge is -2.16. The minimum Gasteiger partial charge on any atom is -0.496 e. The van der Waals surface area contributed by atoms with E-state index >= 15 is 0 Å². The first-order valence-corrected chi connectivity index (χ1v) is 4.63. The number of Topliss-reactive ketones (excluding diaryl/α,β-unsaturated/α-hetero) is 1. The summed E-state index contributed by atoms with van der Waals surface area (Å²) < 4.78 is 5.02. The third-order valence-electron chi connectivity index (χ3n) is 2.38.